The van der Waals surface area contributed by atoms with Gasteiger partial charge in [-0.05, 0) is 0 Å². The molecule has 0 aromatic rings. The highest BCUT2D eigenvalue weighted by atomic mass is 127. The van der Waals surface area contributed by atoms with Gasteiger partial charge in [0.25, 0.3) is 0 Å². The van der Waals surface area contributed by atoms with E-state index in [0.717, 1.165) is 0 Å². The average Bonchev–Trinajstić information content (AvgIpc) is 1.69. The zero-order chi connectivity index (χ0) is 5.11. The van der Waals surface area contributed by atoms with Crippen LogP contribution in [0.5, 0.6) is 0 Å². The summed E-state index contributed by atoms with van der Waals surface area (Å²) in [5.41, 5.74) is 0. The topological polar surface area (TPSA) is 24.8 Å². The van der Waals surface area contributed by atoms with Crippen molar-refractivity contribution in [2.45, 2.75) is 0 Å². The Labute approximate surface area is 55.1 Å². The second-order valence-corrected chi connectivity index (χ2v) is 1.88. The molecule has 0 saturated carbocycles. The van der Waals surface area contributed by atoms with Crippen molar-refractivity contribution in [2.24, 2.45) is 4.99 Å². The van der Waals surface area contributed by atoms with Crippen LogP contribution in [0.25, 0.3) is 0 Å². The molecule has 0 atom stereocenters. The van der Waals surface area contributed by atoms with Crippen molar-refractivity contribution in [3.05, 3.63) is 12.5 Å². The maximum atomic E-state index is 4.77. The number of hydrogen-bond donors (Lipinski definition) is 0. The minimum absolute atomic E-state index is 1.48. The average molecular weight is 210 g/mol. The Morgan fingerprint density at radius 1 is 1.71 bits per heavy atom. The number of halogens is 1. The Morgan fingerprint density at radius 3 is 2.86 bits per heavy atom. The highest BCUT2D eigenvalue weighted by Crippen LogP contribution is 1.99. The van der Waals surface area contributed by atoms with Gasteiger partial charge in [0.05, 0.1) is 6.20 Å². The molecule has 0 radical (unpaired) electrons. The summed E-state index contributed by atoms with van der Waals surface area (Å²) in [6.07, 6.45) is 4.65. The second kappa shape index (κ2) is 2.15. The van der Waals surface area contributed by atoms with Crippen molar-refractivity contribution in [2.75, 3.05) is 0 Å². The van der Waals surface area contributed by atoms with E-state index < -0.39 is 0 Å². The maximum Gasteiger partial charge on any atom is 0.138 e. The van der Waals surface area contributed by atoms with E-state index in [4.69, 9.17) is 4.84 Å². The molecule has 0 saturated heterocycles. The van der Waals surface area contributed by atoms with Crippen LogP contribution in [0.15, 0.2) is 17.5 Å². The summed E-state index contributed by atoms with van der Waals surface area (Å²) in [5.74, 6) is 0. The third-order valence-electron chi connectivity index (χ3n) is 0.466. The van der Waals surface area contributed by atoms with Gasteiger partial charge in [0.2, 0.25) is 0 Å². The Morgan fingerprint density at radius 2 is 2.57 bits per heavy atom. The van der Waals surface area contributed by atoms with Crippen LogP contribution >= 0.6 is 22.9 Å². The molecule has 1 aliphatic heterocycles. The van der Waals surface area contributed by atoms with E-state index in [1.165, 1.54) is 9.54 Å². The molecule has 0 aromatic carbocycles. The lowest BCUT2D eigenvalue weighted by atomic mass is 10.9. The van der Waals surface area contributed by atoms with Crippen molar-refractivity contribution >= 4 is 29.2 Å². The van der Waals surface area contributed by atoms with Crippen LogP contribution in [-0.2, 0) is 4.84 Å². The maximum absolute atomic E-state index is 4.77. The van der Waals surface area contributed by atoms with E-state index in [0.29, 0.717) is 0 Å². The van der Waals surface area contributed by atoms with Crippen molar-refractivity contribution < 1.29 is 4.84 Å². The molecule has 3 nitrogen and oxygen atoms in total. The molecule has 0 unspecified atom stereocenters. The molecule has 0 amide bonds. The minimum atomic E-state index is 1.48. The fraction of sp³-hybridized carbons (Fsp3) is 0. The predicted octanol–water partition coefficient (Wildman–Crippen LogP) is 1.08. The predicted molar refractivity (Wildman–Crippen MR) is 34.6 cm³/mol. The quantitative estimate of drug-likeness (QED) is 0.441. The molecule has 0 aliphatic carbocycles. The first-order valence-electron chi connectivity index (χ1n) is 1.70. The first kappa shape index (κ1) is 4.89. The SMILES string of the molecule is IN1C=NC=CO1. The summed E-state index contributed by atoms with van der Waals surface area (Å²) in [7, 11) is 0. The summed E-state index contributed by atoms with van der Waals surface area (Å²) in [6, 6.07) is 0. The van der Waals surface area contributed by atoms with Gasteiger partial charge in [0, 0.05) is 0 Å². The van der Waals surface area contributed by atoms with E-state index in [1.54, 1.807) is 12.5 Å². The van der Waals surface area contributed by atoms with E-state index in [2.05, 4.69) is 4.99 Å². The Kier molecular flexibility index (Phi) is 1.50. The van der Waals surface area contributed by atoms with Gasteiger partial charge in [-0.15, -0.1) is 3.28 Å². The Balaban J connectivity index is 2.49. The van der Waals surface area contributed by atoms with E-state index in [1.807, 2.05) is 22.9 Å². The summed E-state index contributed by atoms with van der Waals surface area (Å²) in [5, 5.41) is 0. The van der Waals surface area contributed by atoms with Gasteiger partial charge in [-0.1, -0.05) is 0 Å². The molecule has 0 bridgehead atoms. The largest absolute Gasteiger partial charge is 0.375 e. The van der Waals surface area contributed by atoms with Gasteiger partial charge >= 0.3 is 0 Å². The molecular formula is C3H3IN2O. The molecule has 0 aromatic heterocycles. The van der Waals surface area contributed by atoms with Gasteiger partial charge in [0.1, 0.15) is 35.5 Å². The van der Waals surface area contributed by atoms with Crippen molar-refractivity contribution in [1.29, 1.82) is 0 Å². The third kappa shape index (κ3) is 1.34. The fourth-order valence-corrected chi connectivity index (χ4v) is 0.514. The van der Waals surface area contributed by atoms with E-state index >= 15 is 0 Å². The summed E-state index contributed by atoms with van der Waals surface area (Å²) in [6.45, 7) is 0. The number of rotatable bonds is 0. The van der Waals surface area contributed by atoms with Crippen LogP contribution in [0.2, 0.25) is 0 Å². The Hall–Kier alpha value is -0.260. The first-order chi connectivity index (χ1) is 3.39. The lowest BCUT2D eigenvalue weighted by molar-refractivity contribution is 0.0892. The third-order valence-corrected chi connectivity index (χ3v) is 0.942. The minimum Gasteiger partial charge on any atom is -0.375 e. The van der Waals surface area contributed by atoms with Gasteiger partial charge in [-0.3, -0.25) is 0 Å². The molecule has 7 heavy (non-hydrogen) atoms. The number of hydroxylamine groups is 1. The van der Waals surface area contributed by atoms with Crippen LogP contribution in [0.3, 0.4) is 0 Å². The van der Waals surface area contributed by atoms with Crippen LogP contribution in [0.4, 0.5) is 0 Å². The molecule has 1 heterocycles. The van der Waals surface area contributed by atoms with Crippen molar-refractivity contribution in [3.8, 4) is 0 Å². The van der Waals surface area contributed by atoms with Crippen molar-refractivity contribution in [1.82, 2.24) is 3.28 Å². The molecule has 0 fully saturated rings. The summed E-state index contributed by atoms with van der Waals surface area (Å²) < 4.78 is 1.48. The zero-order valence-corrected chi connectivity index (χ0v) is 5.57. The molecule has 0 N–H and O–H groups in total. The normalized spacial score (nSPS) is 17.0. The van der Waals surface area contributed by atoms with Gasteiger partial charge in [-0.2, -0.15) is 0 Å². The van der Waals surface area contributed by atoms with Crippen molar-refractivity contribution in [3.63, 3.8) is 0 Å². The first-order valence-corrected chi connectivity index (χ1v) is 2.66. The number of aliphatic imine (C=N–C) groups is 1. The second-order valence-electron chi connectivity index (χ2n) is 0.927. The van der Waals surface area contributed by atoms with Crippen LogP contribution in [-0.4, -0.2) is 9.62 Å². The van der Waals surface area contributed by atoms with Crippen LogP contribution in [0.1, 0.15) is 0 Å². The van der Waals surface area contributed by atoms with Crippen LogP contribution in [0, 0.1) is 0 Å². The molecule has 0 spiro atoms. The standard InChI is InChI=1S/C3H3IN2O/c4-6-3-5-1-2-7-6/h1-3H. The molecule has 1 aliphatic rings. The number of nitrogens with zero attached hydrogens (tertiary/aromatic N) is 2. The monoisotopic (exact) mass is 210 g/mol. The molecular weight excluding hydrogens is 207 g/mol. The smallest absolute Gasteiger partial charge is 0.138 e. The fourth-order valence-electron chi connectivity index (χ4n) is 0.239. The lowest BCUT2D eigenvalue weighted by Gasteiger charge is -2.08. The van der Waals surface area contributed by atoms with Gasteiger partial charge in [-0.25, -0.2) is 4.99 Å². The Bertz CT molecular complexity index is 112. The lowest BCUT2D eigenvalue weighted by Crippen LogP contribution is -2.06. The highest BCUT2D eigenvalue weighted by Gasteiger charge is 1.90. The molecule has 4 heteroatoms. The summed E-state index contributed by atoms with van der Waals surface area (Å²) in [4.78, 5) is 8.51. The summed E-state index contributed by atoms with van der Waals surface area (Å²) >= 11 is 1.97. The van der Waals surface area contributed by atoms with E-state index in [-0.39, 0.29) is 0 Å². The zero-order valence-electron chi connectivity index (χ0n) is 3.41. The highest BCUT2D eigenvalue weighted by molar-refractivity contribution is 14.1. The number of hydrogen-bond acceptors (Lipinski definition) is 3. The van der Waals surface area contributed by atoms with Crippen LogP contribution < -0.4 is 0 Å². The molecule has 38 valence electrons. The van der Waals surface area contributed by atoms with Gasteiger partial charge < -0.3 is 4.84 Å². The molecule has 1 rings (SSSR count). The van der Waals surface area contributed by atoms with Gasteiger partial charge in [0.15, 0.2) is 0 Å². The van der Waals surface area contributed by atoms with E-state index in [9.17, 15) is 0 Å².